The molecule has 0 spiro atoms. The molecule has 19 heavy (non-hydrogen) atoms. The van der Waals surface area contributed by atoms with Crippen molar-refractivity contribution in [2.45, 2.75) is 58.0 Å². The van der Waals surface area contributed by atoms with Gasteiger partial charge in [-0.3, -0.25) is 0 Å². The van der Waals surface area contributed by atoms with Gasteiger partial charge < -0.3 is 5.11 Å². The Hall–Kier alpha value is -0.820. The second-order valence-corrected chi connectivity index (χ2v) is 6.88. The van der Waals surface area contributed by atoms with Crippen LogP contribution in [-0.2, 0) is 0 Å². The second-order valence-electron chi connectivity index (χ2n) is 6.88. The highest BCUT2D eigenvalue weighted by molar-refractivity contribution is 5.35. The standard InChI is InChI=1S/C18H26O/c1-12-7-8-15(11-13(12)2)18(19)17-6-4-3-5-16(17)14-9-10-14/h3-6,12-15,18-19H,7-11H2,1-2H3. The molecule has 0 aliphatic heterocycles. The van der Waals surface area contributed by atoms with Gasteiger partial charge in [0.25, 0.3) is 0 Å². The smallest absolute Gasteiger partial charge is 0.0821 e. The topological polar surface area (TPSA) is 20.2 Å². The molecule has 2 aliphatic rings. The van der Waals surface area contributed by atoms with E-state index in [2.05, 4.69) is 38.1 Å². The van der Waals surface area contributed by atoms with Gasteiger partial charge in [-0.25, -0.2) is 0 Å². The van der Waals surface area contributed by atoms with Crippen LogP contribution >= 0.6 is 0 Å². The molecule has 1 aromatic rings. The number of aliphatic hydroxyl groups excluding tert-OH is 1. The molecular weight excluding hydrogens is 232 g/mol. The summed E-state index contributed by atoms with van der Waals surface area (Å²) in [5.41, 5.74) is 2.64. The van der Waals surface area contributed by atoms with Crippen molar-refractivity contribution in [3.05, 3.63) is 35.4 Å². The van der Waals surface area contributed by atoms with E-state index < -0.39 is 0 Å². The molecule has 1 N–H and O–H groups in total. The first-order valence-electron chi connectivity index (χ1n) is 7.93. The van der Waals surface area contributed by atoms with E-state index in [1.54, 1.807) is 0 Å². The first-order valence-corrected chi connectivity index (χ1v) is 7.93. The Labute approximate surface area is 117 Å². The highest BCUT2D eigenvalue weighted by Gasteiger charge is 2.33. The van der Waals surface area contributed by atoms with Crippen molar-refractivity contribution < 1.29 is 5.11 Å². The van der Waals surface area contributed by atoms with E-state index in [1.165, 1.54) is 43.2 Å². The summed E-state index contributed by atoms with van der Waals surface area (Å²) in [5, 5.41) is 10.8. The van der Waals surface area contributed by atoms with Crippen molar-refractivity contribution >= 4 is 0 Å². The lowest BCUT2D eigenvalue weighted by atomic mass is 9.72. The zero-order valence-electron chi connectivity index (χ0n) is 12.2. The maximum atomic E-state index is 10.8. The van der Waals surface area contributed by atoms with Crippen LogP contribution in [0.25, 0.3) is 0 Å². The molecule has 1 aromatic carbocycles. The molecule has 0 amide bonds. The van der Waals surface area contributed by atoms with Gasteiger partial charge in [-0.15, -0.1) is 0 Å². The number of aliphatic hydroxyl groups is 1. The predicted molar refractivity (Wildman–Crippen MR) is 79.0 cm³/mol. The number of hydrogen-bond donors (Lipinski definition) is 1. The third-order valence-corrected chi connectivity index (χ3v) is 5.42. The average molecular weight is 258 g/mol. The van der Waals surface area contributed by atoms with Crippen LogP contribution in [0.15, 0.2) is 24.3 Å². The molecule has 0 heterocycles. The average Bonchev–Trinajstić information content (AvgIpc) is 3.25. The molecular formula is C18H26O. The van der Waals surface area contributed by atoms with Crippen molar-refractivity contribution in [1.82, 2.24) is 0 Å². The quantitative estimate of drug-likeness (QED) is 0.835. The first kappa shape index (κ1) is 13.2. The van der Waals surface area contributed by atoms with Gasteiger partial charge >= 0.3 is 0 Å². The third-order valence-electron chi connectivity index (χ3n) is 5.42. The summed E-state index contributed by atoms with van der Waals surface area (Å²) in [6.45, 7) is 4.70. The van der Waals surface area contributed by atoms with E-state index in [0.717, 1.165) is 17.8 Å². The zero-order chi connectivity index (χ0) is 13.4. The van der Waals surface area contributed by atoms with Gasteiger partial charge in [0.05, 0.1) is 6.10 Å². The Balaban J connectivity index is 1.78. The van der Waals surface area contributed by atoms with Gasteiger partial charge in [-0.05, 0) is 60.5 Å². The normalized spacial score (nSPS) is 33.1. The summed E-state index contributed by atoms with van der Waals surface area (Å²) in [6.07, 6.45) is 6.01. The lowest BCUT2D eigenvalue weighted by Gasteiger charge is -2.35. The molecule has 0 radical (unpaired) electrons. The van der Waals surface area contributed by atoms with Crippen molar-refractivity contribution in [2.24, 2.45) is 17.8 Å². The van der Waals surface area contributed by atoms with E-state index in [9.17, 15) is 5.11 Å². The molecule has 0 aromatic heterocycles. The van der Waals surface area contributed by atoms with E-state index in [1.807, 2.05) is 0 Å². The minimum Gasteiger partial charge on any atom is -0.388 e. The van der Waals surface area contributed by atoms with Crippen LogP contribution in [0.3, 0.4) is 0 Å². The minimum absolute atomic E-state index is 0.244. The van der Waals surface area contributed by atoms with Crippen molar-refractivity contribution in [2.75, 3.05) is 0 Å². The molecule has 1 heteroatoms. The summed E-state index contributed by atoms with van der Waals surface area (Å²) >= 11 is 0. The summed E-state index contributed by atoms with van der Waals surface area (Å²) in [7, 11) is 0. The van der Waals surface area contributed by atoms with Crippen LogP contribution in [0.1, 0.15) is 69.1 Å². The molecule has 104 valence electrons. The van der Waals surface area contributed by atoms with E-state index in [0.29, 0.717) is 5.92 Å². The largest absolute Gasteiger partial charge is 0.388 e. The Morgan fingerprint density at radius 2 is 1.74 bits per heavy atom. The highest BCUT2D eigenvalue weighted by Crippen LogP contribution is 2.46. The molecule has 4 atom stereocenters. The molecule has 1 nitrogen and oxygen atoms in total. The van der Waals surface area contributed by atoms with Gasteiger partial charge in [0.2, 0.25) is 0 Å². The third kappa shape index (κ3) is 2.72. The van der Waals surface area contributed by atoms with Crippen LogP contribution in [0.4, 0.5) is 0 Å². The number of benzene rings is 1. The molecule has 3 rings (SSSR count). The van der Waals surface area contributed by atoms with Crippen molar-refractivity contribution in [1.29, 1.82) is 0 Å². The van der Waals surface area contributed by atoms with Gasteiger partial charge in [0.15, 0.2) is 0 Å². The van der Waals surface area contributed by atoms with Gasteiger partial charge in [0.1, 0.15) is 0 Å². The van der Waals surface area contributed by atoms with Gasteiger partial charge in [0, 0.05) is 0 Å². The predicted octanol–water partition coefficient (Wildman–Crippen LogP) is 4.67. The maximum absolute atomic E-state index is 10.8. The highest BCUT2D eigenvalue weighted by atomic mass is 16.3. The maximum Gasteiger partial charge on any atom is 0.0821 e. The van der Waals surface area contributed by atoms with Gasteiger partial charge in [-0.1, -0.05) is 44.5 Å². The van der Waals surface area contributed by atoms with Crippen LogP contribution in [0.2, 0.25) is 0 Å². The van der Waals surface area contributed by atoms with Gasteiger partial charge in [-0.2, -0.15) is 0 Å². The molecule has 0 bridgehead atoms. The monoisotopic (exact) mass is 258 g/mol. The summed E-state index contributed by atoms with van der Waals surface area (Å²) in [6, 6.07) is 8.58. The van der Waals surface area contributed by atoms with Crippen LogP contribution in [0, 0.1) is 17.8 Å². The van der Waals surface area contributed by atoms with Crippen LogP contribution in [-0.4, -0.2) is 5.11 Å². The van der Waals surface area contributed by atoms with Crippen molar-refractivity contribution in [3.63, 3.8) is 0 Å². The second kappa shape index (κ2) is 5.28. The van der Waals surface area contributed by atoms with Crippen LogP contribution in [0.5, 0.6) is 0 Å². The fourth-order valence-electron chi connectivity index (χ4n) is 3.68. The van der Waals surface area contributed by atoms with Crippen LogP contribution < -0.4 is 0 Å². The lowest BCUT2D eigenvalue weighted by Crippen LogP contribution is -2.25. The number of rotatable bonds is 3. The molecule has 4 unspecified atom stereocenters. The molecule has 2 fully saturated rings. The van der Waals surface area contributed by atoms with Crippen molar-refractivity contribution in [3.8, 4) is 0 Å². The Morgan fingerprint density at radius 3 is 2.42 bits per heavy atom. The fraction of sp³-hybridized carbons (Fsp3) is 0.667. The SMILES string of the molecule is CC1CCC(C(O)c2ccccc2C2CC2)CC1C. The van der Waals surface area contributed by atoms with E-state index in [-0.39, 0.29) is 6.10 Å². The molecule has 0 saturated heterocycles. The number of hydrogen-bond acceptors (Lipinski definition) is 1. The summed E-state index contributed by atoms with van der Waals surface area (Å²) in [4.78, 5) is 0. The van der Waals surface area contributed by atoms with E-state index >= 15 is 0 Å². The summed E-state index contributed by atoms with van der Waals surface area (Å²) < 4.78 is 0. The summed E-state index contributed by atoms with van der Waals surface area (Å²) in [5.74, 6) is 2.76. The molecule has 2 saturated carbocycles. The minimum atomic E-state index is -0.244. The Morgan fingerprint density at radius 1 is 1.00 bits per heavy atom. The van der Waals surface area contributed by atoms with E-state index in [4.69, 9.17) is 0 Å². The first-order chi connectivity index (χ1) is 9.16. The molecule has 2 aliphatic carbocycles. The lowest BCUT2D eigenvalue weighted by molar-refractivity contribution is 0.0555. The fourth-order valence-corrected chi connectivity index (χ4v) is 3.68. The zero-order valence-corrected chi connectivity index (χ0v) is 12.2. The Kier molecular flexibility index (Phi) is 3.66. The Bertz CT molecular complexity index is 435.